The Morgan fingerprint density at radius 2 is 2.27 bits per heavy atom. The van der Waals surface area contributed by atoms with Crippen LogP contribution in [-0.4, -0.2) is 50.1 Å². The Morgan fingerprint density at radius 3 is 2.73 bits per heavy atom. The number of likely N-dealkylation sites (N-methyl/N-ethyl adjacent to an activating group) is 1. The highest BCUT2D eigenvalue weighted by atomic mass is 16.1. The van der Waals surface area contributed by atoms with Crippen molar-refractivity contribution >= 4 is 5.91 Å². The van der Waals surface area contributed by atoms with E-state index < -0.39 is 0 Å². The van der Waals surface area contributed by atoms with Crippen LogP contribution in [0.15, 0.2) is 0 Å². The number of carbonyl (C=O) groups is 1. The fraction of sp³-hybridized carbons (Fsp3) is 0.909. The molecule has 2 N–H and O–H groups in total. The Balaban J connectivity index is 2.29. The van der Waals surface area contributed by atoms with Crippen molar-refractivity contribution in [3.05, 3.63) is 0 Å². The molecule has 1 fully saturated rings. The summed E-state index contributed by atoms with van der Waals surface area (Å²) in [6, 6.07) is 0.707. The minimum absolute atomic E-state index is 0.152. The molecule has 0 aromatic heterocycles. The average Bonchev–Trinajstić information content (AvgIpc) is 2.60. The van der Waals surface area contributed by atoms with Crippen molar-refractivity contribution in [1.29, 1.82) is 0 Å². The fourth-order valence-electron chi connectivity index (χ4n) is 1.78. The molecule has 1 saturated heterocycles. The Hall–Kier alpha value is -0.610. The monoisotopic (exact) mass is 213 g/mol. The molecule has 1 aliphatic heterocycles. The molecule has 3 atom stereocenters. The van der Waals surface area contributed by atoms with Crippen LogP contribution in [-0.2, 0) is 4.79 Å². The van der Waals surface area contributed by atoms with Crippen molar-refractivity contribution in [1.82, 2.24) is 15.5 Å². The van der Waals surface area contributed by atoms with Crippen molar-refractivity contribution in [3.8, 4) is 0 Å². The topological polar surface area (TPSA) is 44.4 Å². The number of hydrogen-bond donors (Lipinski definition) is 2. The highest BCUT2D eigenvalue weighted by Crippen LogP contribution is 2.14. The summed E-state index contributed by atoms with van der Waals surface area (Å²) in [6.45, 7) is 5.88. The van der Waals surface area contributed by atoms with Crippen LogP contribution >= 0.6 is 0 Å². The van der Waals surface area contributed by atoms with Crippen LogP contribution in [0.3, 0.4) is 0 Å². The van der Waals surface area contributed by atoms with E-state index in [0.717, 1.165) is 19.5 Å². The van der Waals surface area contributed by atoms with Gasteiger partial charge in [-0.05, 0) is 40.9 Å². The summed E-state index contributed by atoms with van der Waals surface area (Å²) < 4.78 is 0. The third-order valence-corrected chi connectivity index (χ3v) is 3.32. The number of hydrogen-bond acceptors (Lipinski definition) is 3. The van der Waals surface area contributed by atoms with Crippen LogP contribution in [0.4, 0.5) is 0 Å². The molecule has 1 heterocycles. The Bertz CT molecular complexity index is 218. The van der Waals surface area contributed by atoms with E-state index >= 15 is 0 Å². The maximum Gasteiger partial charge on any atom is 0.224 e. The quantitative estimate of drug-likeness (QED) is 0.693. The van der Waals surface area contributed by atoms with Gasteiger partial charge in [-0.15, -0.1) is 0 Å². The van der Waals surface area contributed by atoms with E-state index in [1.807, 2.05) is 14.1 Å². The van der Waals surface area contributed by atoms with E-state index in [2.05, 4.69) is 29.4 Å². The van der Waals surface area contributed by atoms with Crippen molar-refractivity contribution in [2.75, 3.05) is 27.2 Å². The van der Waals surface area contributed by atoms with Gasteiger partial charge in [-0.1, -0.05) is 0 Å². The van der Waals surface area contributed by atoms with E-state index in [4.69, 9.17) is 0 Å². The predicted molar refractivity (Wildman–Crippen MR) is 61.7 cm³/mol. The predicted octanol–water partition coefficient (Wildman–Crippen LogP) is 0.0507. The van der Waals surface area contributed by atoms with Gasteiger partial charge < -0.3 is 15.5 Å². The molecule has 0 bridgehead atoms. The van der Waals surface area contributed by atoms with Crippen LogP contribution in [0.25, 0.3) is 0 Å². The second-order valence-corrected chi connectivity index (χ2v) is 4.70. The zero-order chi connectivity index (χ0) is 11.4. The van der Waals surface area contributed by atoms with Crippen LogP contribution in [0.5, 0.6) is 0 Å². The largest absolute Gasteiger partial charge is 0.354 e. The van der Waals surface area contributed by atoms with E-state index in [0.29, 0.717) is 12.1 Å². The second kappa shape index (κ2) is 5.47. The van der Waals surface area contributed by atoms with Crippen LogP contribution in [0.2, 0.25) is 0 Å². The van der Waals surface area contributed by atoms with Crippen molar-refractivity contribution in [2.45, 2.75) is 32.4 Å². The minimum Gasteiger partial charge on any atom is -0.354 e. The fourth-order valence-corrected chi connectivity index (χ4v) is 1.78. The Morgan fingerprint density at radius 1 is 1.60 bits per heavy atom. The van der Waals surface area contributed by atoms with Crippen molar-refractivity contribution in [3.63, 3.8) is 0 Å². The Labute approximate surface area is 92.4 Å². The summed E-state index contributed by atoms with van der Waals surface area (Å²) in [4.78, 5) is 13.9. The van der Waals surface area contributed by atoms with Crippen molar-refractivity contribution < 1.29 is 4.79 Å². The lowest BCUT2D eigenvalue weighted by atomic mass is 10.0. The number of nitrogens with one attached hydrogen (secondary N) is 2. The van der Waals surface area contributed by atoms with Gasteiger partial charge in [-0.2, -0.15) is 0 Å². The average molecular weight is 213 g/mol. The third kappa shape index (κ3) is 3.47. The van der Waals surface area contributed by atoms with E-state index in [1.165, 1.54) is 0 Å². The first-order chi connectivity index (χ1) is 7.02. The summed E-state index contributed by atoms with van der Waals surface area (Å²) in [5.74, 6) is 0.348. The number of rotatable bonds is 4. The highest BCUT2D eigenvalue weighted by molar-refractivity contribution is 5.79. The second-order valence-electron chi connectivity index (χ2n) is 4.70. The number of amides is 1. The maximum absolute atomic E-state index is 11.8. The molecule has 0 spiro atoms. The first kappa shape index (κ1) is 12.5. The van der Waals surface area contributed by atoms with Gasteiger partial charge in [0.25, 0.3) is 0 Å². The number of carbonyl (C=O) groups excluding carboxylic acids is 1. The summed E-state index contributed by atoms with van der Waals surface area (Å²) in [7, 11) is 4.05. The highest BCUT2D eigenvalue weighted by Gasteiger charge is 2.29. The standard InChI is InChI=1S/C11H23N3O/c1-8(14(3)4)7-13-11(15)10-5-6-12-9(10)2/h8-10,12H,5-7H2,1-4H3,(H,13,15). The SMILES string of the molecule is CC1NCCC1C(=O)NCC(C)N(C)C. The zero-order valence-electron chi connectivity index (χ0n) is 10.2. The van der Waals surface area contributed by atoms with Crippen LogP contribution < -0.4 is 10.6 Å². The molecule has 3 unspecified atom stereocenters. The molecular weight excluding hydrogens is 190 g/mol. The van der Waals surface area contributed by atoms with E-state index in [1.54, 1.807) is 0 Å². The van der Waals surface area contributed by atoms with Crippen LogP contribution in [0.1, 0.15) is 20.3 Å². The van der Waals surface area contributed by atoms with Gasteiger partial charge in [0, 0.05) is 18.6 Å². The molecule has 4 nitrogen and oxygen atoms in total. The number of nitrogens with zero attached hydrogens (tertiary/aromatic N) is 1. The molecule has 1 aliphatic rings. The van der Waals surface area contributed by atoms with E-state index in [-0.39, 0.29) is 11.8 Å². The summed E-state index contributed by atoms with van der Waals surface area (Å²) in [6.07, 6.45) is 0.962. The van der Waals surface area contributed by atoms with Gasteiger partial charge in [-0.25, -0.2) is 0 Å². The summed E-state index contributed by atoms with van der Waals surface area (Å²) in [5, 5.41) is 6.31. The molecule has 15 heavy (non-hydrogen) atoms. The molecule has 4 heteroatoms. The first-order valence-electron chi connectivity index (χ1n) is 5.70. The molecule has 0 aromatic carbocycles. The smallest absolute Gasteiger partial charge is 0.224 e. The van der Waals surface area contributed by atoms with Gasteiger partial charge in [0.1, 0.15) is 0 Å². The molecule has 88 valence electrons. The molecule has 1 amide bonds. The molecular formula is C11H23N3O. The molecule has 0 aliphatic carbocycles. The normalized spacial score (nSPS) is 28.1. The lowest BCUT2D eigenvalue weighted by molar-refractivity contribution is -0.125. The van der Waals surface area contributed by atoms with Crippen LogP contribution in [0, 0.1) is 5.92 Å². The van der Waals surface area contributed by atoms with Gasteiger partial charge >= 0.3 is 0 Å². The third-order valence-electron chi connectivity index (χ3n) is 3.32. The van der Waals surface area contributed by atoms with Crippen molar-refractivity contribution in [2.24, 2.45) is 5.92 Å². The van der Waals surface area contributed by atoms with Gasteiger partial charge in [0.05, 0.1) is 5.92 Å². The molecule has 1 rings (SSSR count). The summed E-state index contributed by atoms with van der Waals surface area (Å²) >= 11 is 0. The summed E-state index contributed by atoms with van der Waals surface area (Å²) in [5.41, 5.74) is 0. The molecule has 0 saturated carbocycles. The lowest BCUT2D eigenvalue weighted by Crippen LogP contribution is -2.42. The van der Waals surface area contributed by atoms with Gasteiger partial charge in [0.15, 0.2) is 0 Å². The molecule has 0 radical (unpaired) electrons. The molecule has 0 aromatic rings. The lowest BCUT2D eigenvalue weighted by Gasteiger charge is -2.22. The Kier molecular flexibility index (Phi) is 4.54. The van der Waals surface area contributed by atoms with E-state index in [9.17, 15) is 4.79 Å². The first-order valence-corrected chi connectivity index (χ1v) is 5.70. The van der Waals surface area contributed by atoms with Gasteiger partial charge in [-0.3, -0.25) is 4.79 Å². The minimum atomic E-state index is 0.152. The zero-order valence-corrected chi connectivity index (χ0v) is 10.2. The maximum atomic E-state index is 11.8. The van der Waals surface area contributed by atoms with Gasteiger partial charge in [0.2, 0.25) is 5.91 Å².